The van der Waals surface area contributed by atoms with Crippen LogP contribution in [0.5, 0.6) is 0 Å². The molecule has 30 heavy (non-hydrogen) atoms. The summed E-state index contributed by atoms with van der Waals surface area (Å²) < 4.78 is 11.0. The Morgan fingerprint density at radius 1 is 0.767 bits per heavy atom. The smallest absolute Gasteiger partial charge is 0.147 e. The molecule has 1 aromatic rings. The van der Waals surface area contributed by atoms with Crippen molar-refractivity contribution in [2.24, 2.45) is 0 Å². The maximum Gasteiger partial charge on any atom is 0.147 e. The van der Waals surface area contributed by atoms with Gasteiger partial charge in [-0.25, -0.2) is 0 Å². The Kier molecular flexibility index (Phi) is 7.84. The van der Waals surface area contributed by atoms with E-state index in [1.54, 1.807) is 24.3 Å². The van der Waals surface area contributed by atoms with Crippen LogP contribution in [0.4, 0.5) is 0 Å². The third-order valence-corrected chi connectivity index (χ3v) is 5.08. The molecule has 0 radical (unpaired) electrons. The van der Waals surface area contributed by atoms with Crippen LogP contribution in [0.15, 0.2) is 24.3 Å². The van der Waals surface area contributed by atoms with E-state index in [4.69, 9.17) is 9.47 Å². The fourth-order valence-electron chi connectivity index (χ4n) is 3.37. The summed E-state index contributed by atoms with van der Waals surface area (Å²) in [5.74, 6) is 11.3. The zero-order chi connectivity index (χ0) is 21.7. The Morgan fingerprint density at radius 3 is 1.60 bits per heavy atom. The predicted molar refractivity (Wildman–Crippen MR) is 105 cm³/mol. The standard InChI is InChI=1S/C22H26O8/c23-11-15-9-17(25)21(27)19(29-15)6-4-13-2-1-3-14(8-13)5-7-20-22(28)18(26)10-16(12-24)30-20/h1-3,8,15-28H,9-12H2/t15-,16-,17-,18-,19?,20?,21-,22-/m0/s1. The lowest BCUT2D eigenvalue weighted by atomic mass is 9.97. The van der Waals surface area contributed by atoms with Crippen LogP contribution in [0.2, 0.25) is 0 Å². The zero-order valence-corrected chi connectivity index (χ0v) is 16.3. The van der Waals surface area contributed by atoms with Crippen LogP contribution in [0, 0.1) is 23.7 Å². The Balaban J connectivity index is 1.72. The predicted octanol–water partition coefficient (Wildman–Crippen LogP) is -1.87. The zero-order valence-electron chi connectivity index (χ0n) is 16.3. The molecule has 162 valence electrons. The molecule has 2 aliphatic heterocycles. The number of rotatable bonds is 2. The molecule has 0 aromatic heterocycles. The number of benzene rings is 1. The molecule has 8 heteroatoms. The molecule has 8 nitrogen and oxygen atoms in total. The van der Waals surface area contributed by atoms with Gasteiger partial charge in [-0.1, -0.05) is 29.7 Å². The molecule has 8 atom stereocenters. The highest BCUT2D eigenvalue weighted by Crippen LogP contribution is 2.21. The maximum absolute atomic E-state index is 10.0. The molecule has 2 unspecified atom stereocenters. The lowest BCUT2D eigenvalue weighted by Gasteiger charge is -2.33. The molecule has 0 aliphatic carbocycles. The Bertz CT molecular complexity index is 770. The third-order valence-electron chi connectivity index (χ3n) is 5.08. The Labute approximate surface area is 174 Å². The topological polar surface area (TPSA) is 140 Å². The normalized spacial score (nSPS) is 36.2. The van der Waals surface area contributed by atoms with E-state index in [1.165, 1.54) is 0 Å². The van der Waals surface area contributed by atoms with Gasteiger partial charge < -0.3 is 40.1 Å². The van der Waals surface area contributed by atoms with Gasteiger partial charge in [-0.05, 0) is 18.2 Å². The van der Waals surface area contributed by atoms with Gasteiger partial charge in [0.15, 0.2) is 0 Å². The number of ether oxygens (including phenoxy) is 2. The van der Waals surface area contributed by atoms with Gasteiger partial charge in [0, 0.05) is 24.0 Å². The quantitative estimate of drug-likeness (QED) is 0.307. The van der Waals surface area contributed by atoms with Crippen LogP contribution >= 0.6 is 0 Å². The van der Waals surface area contributed by atoms with Gasteiger partial charge in [-0.2, -0.15) is 0 Å². The average Bonchev–Trinajstić information content (AvgIpc) is 2.75. The van der Waals surface area contributed by atoms with Crippen molar-refractivity contribution >= 4 is 0 Å². The first-order valence-corrected chi connectivity index (χ1v) is 9.79. The molecule has 1 aromatic carbocycles. The summed E-state index contributed by atoms with van der Waals surface area (Å²) in [6.07, 6.45) is -7.12. The van der Waals surface area contributed by atoms with Crippen LogP contribution in [-0.2, 0) is 9.47 Å². The molecule has 0 amide bonds. The molecule has 2 aliphatic rings. The summed E-state index contributed by atoms with van der Waals surface area (Å²) in [6, 6.07) is 6.92. The lowest BCUT2D eigenvalue weighted by Crippen LogP contribution is -2.48. The van der Waals surface area contributed by atoms with Crippen molar-refractivity contribution < 1.29 is 40.1 Å². The highest BCUT2D eigenvalue weighted by molar-refractivity contribution is 5.44. The minimum atomic E-state index is -1.17. The van der Waals surface area contributed by atoms with Gasteiger partial charge in [-0.15, -0.1) is 0 Å². The number of hydrogen-bond donors (Lipinski definition) is 6. The van der Waals surface area contributed by atoms with E-state index in [9.17, 15) is 30.6 Å². The van der Waals surface area contributed by atoms with Crippen LogP contribution in [0.25, 0.3) is 0 Å². The van der Waals surface area contributed by atoms with Crippen molar-refractivity contribution in [3.63, 3.8) is 0 Å². The highest BCUT2D eigenvalue weighted by Gasteiger charge is 2.36. The lowest BCUT2D eigenvalue weighted by molar-refractivity contribution is -0.157. The summed E-state index contributed by atoms with van der Waals surface area (Å²) in [5.41, 5.74) is 1.19. The van der Waals surface area contributed by atoms with Gasteiger partial charge in [0.2, 0.25) is 0 Å². The Morgan fingerprint density at radius 2 is 1.20 bits per heavy atom. The van der Waals surface area contributed by atoms with Crippen molar-refractivity contribution in [1.82, 2.24) is 0 Å². The number of aliphatic hydroxyl groups is 6. The van der Waals surface area contributed by atoms with E-state index in [1.807, 2.05) is 0 Å². The van der Waals surface area contributed by atoms with E-state index >= 15 is 0 Å². The van der Waals surface area contributed by atoms with Crippen molar-refractivity contribution in [3.05, 3.63) is 35.4 Å². The van der Waals surface area contributed by atoms with Gasteiger partial charge in [0.05, 0.1) is 37.6 Å². The van der Waals surface area contributed by atoms with E-state index in [0.717, 1.165) is 0 Å². The second-order valence-electron chi connectivity index (χ2n) is 7.43. The van der Waals surface area contributed by atoms with E-state index in [0.29, 0.717) is 11.1 Å². The Hall–Kier alpha value is -1.98. The summed E-state index contributed by atoms with van der Waals surface area (Å²) in [5, 5.41) is 58.3. The largest absolute Gasteiger partial charge is 0.394 e. The maximum atomic E-state index is 10.0. The van der Waals surface area contributed by atoms with Crippen LogP contribution in [0.1, 0.15) is 24.0 Å². The molecule has 6 N–H and O–H groups in total. The second kappa shape index (κ2) is 10.4. The molecule has 2 saturated heterocycles. The van der Waals surface area contributed by atoms with Gasteiger partial charge in [-0.3, -0.25) is 0 Å². The summed E-state index contributed by atoms with van der Waals surface area (Å²) >= 11 is 0. The van der Waals surface area contributed by atoms with E-state index in [-0.39, 0.29) is 26.1 Å². The van der Waals surface area contributed by atoms with Crippen molar-refractivity contribution in [2.75, 3.05) is 13.2 Å². The second-order valence-corrected chi connectivity index (χ2v) is 7.43. The first-order valence-electron chi connectivity index (χ1n) is 9.79. The van der Waals surface area contributed by atoms with E-state index in [2.05, 4.69) is 23.7 Å². The fourth-order valence-corrected chi connectivity index (χ4v) is 3.37. The average molecular weight is 418 g/mol. The molecule has 0 saturated carbocycles. The minimum Gasteiger partial charge on any atom is -0.394 e. The van der Waals surface area contributed by atoms with Gasteiger partial charge in [0.1, 0.15) is 24.4 Å². The molecule has 3 rings (SSSR count). The number of aliphatic hydroxyl groups excluding tert-OH is 6. The first-order chi connectivity index (χ1) is 14.4. The van der Waals surface area contributed by atoms with Gasteiger partial charge >= 0.3 is 0 Å². The molecular weight excluding hydrogens is 392 g/mol. The SMILES string of the molecule is OC[C@@H]1C[C@H](O)[C@H](O)C(C#Cc2cccc(C#CC3O[C@H](CO)C[C@H](O)[C@@H]3O)c2)O1. The first kappa shape index (κ1) is 22.7. The van der Waals surface area contributed by atoms with Crippen molar-refractivity contribution in [1.29, 1.82) is 0 Å². The summed E-state index contributed by atoms with van der Waals surface area (Å²) in [7, 11) is 0. The minimum absolute atomic E-state index is 0.141. The molecule has 0 spiro atoms. The van der Waals surface area contributed by atoms with Crippen molar-refractivity contribution in [3.8, 4) is 23.7 Å². The van der Waals surface area contributed by atoms with E-state index < -0.39 is 48.8 Å². The van der Waals surface area contributed by atoms with Gasteiger partial charge in [0.25, 0.3) is 0 Å². The highest BCUT2D eigenvalue weighted by atomic mass is 16.5. The van der Waals surface area contributed by atoms with Crippen LogP contribution in [0.3, 0.4) is 0 Å². The van der Waals surface area contributed by atoms with Crippen LogP contribution in [-0.4, -0.2) is 92.7 Å². The molecule has 2 heterocycles. The third kappa shape index (κ3) is 5.58. The summed E-state index contributed by atoms with van der Waals surface area (Å²) in [4.78, 5) is 0. The van der Waals surface area contributed by atoms with Crippen LogP contribution < -0.4 is 0 Å². The van der Waals surface area contributed by atoms with Crippen molar-refractivity contribution in [2.45, 2.75) is 61.7 Å². The monoisotopic (exact) mass is 418 g/mol. The molecule has 0 bridgehead atoms. The molecule has 2 fully saturated rings. The summed E-state index contributed by atoms with van der Waals surface area (Å²) in [6.45, 7) is -0.540. The molecular formula is C22H26O8. The number of hydrogen-bond acceptors (Lipinski definition) is 8. The fraction of sp³-hybridized carbons (Fsp3) is 0.545.